The molecule has 0 bridgehead atoms. The zero-order valence-electron chi connectivity index (χ0n) is 17.2. The molecule has 0 radical (unpaired) electrons. The topological polar surface area (TPSA) is 89.7 Å². The maximum atomic E-state index is 6.09. The van der Waals surface area contributed by atoms with Crippen molar-refractivity contribution in [3.8, 4) is 16.5 Å². The van der Waals surface area contributed by atoms with E-state index in [2.05, 4.69) is 51.6 Å². The Balaban J connectivity index is 1.33. The van der Waals surface area contributed by atoms with E-state index >= 15 is 0 Å². The number of nitrogens with zero attached hydrogens (tertiary/aromatic N) is 4. The molecule has 3 heterocycles. The van der Waals surface area contributed by atoms with Crippen molar-refractivity contribution in [2.24, 2.45) is 0 Å². The second kappa shape index (κ2) is 8.31. The number of fused-ring (bicyclic) bond motifs is 1. The smallest absolute Gasteiger partial charge is 0.164 e. The molecule has 0 unspecified atom stereocenters. The van der Waals surface area contributed by atoms with Gasteiger partial charge in [-0.2, -0.15) is 0 Å². The number of hydrogen-bond donors (Lipinski definition) is 1. The van der Waals surface area contributed by atoms with Gasteiger partial charge in [-0.25, -0.2) is 10.1 Å². The Kier molecular flexibility index (Phi) is 5.21. The molecule has 0 amide bonds. The van der Waals surface area contributed by atoms with E-state index in [9.17, 15) is 0 Å². The van der Waals surface area contributed by atoms with Crippen molar-refractivity contribution in [3.05, 3.63) is 76.6 Å². The highest BCUT2D eigenvalue weighted by Crippen LogP contribution is 2.34. The van der Waals surface area contributed by atoms with Crippen LogP contribution >= 0.6 is 11.3 Å². The van der Waals surface area contributed by atoms with Crippen molar-refractivity contribution < 1.29 is 9.15 Å². The highest BCUT2D eigenvalue weighted by atomic mass is 32.1. The fourth-order valence-corrected chi connectivity index (χ4v) is 4.22. The summed E-state index contributed by atoms with van der Waals surface area (Å²) < 4.78 is 12.1. The maximum absolute atomic E-state index is 6.09. The summed E-state index contributed by atoms with van der Waals surface area (Å²) in [5.41, 5.74) is 3.04. The highest BCUT2D eigenvalue weighted by molar-refractivity contribution is 7.15. The van der Waals surface area contributed by atoms with Crippen LogP contribution in [0.5, 0.6) is 5.75 Å². The van der Waals surface area contributed by atoms with E-state index < -0.39 is 0 Å². The first-order valence-electron chi connectivity index (χ1n) is 10.1. The SMILES string of the molecule is CC(C)c1cnc(-c2cc3cc(OCc4ccccc4Cc4nnn[nH]4)ccc3o2)s1. The number of rotatable bonds is 7. The number of furan rings is 1. The van der Waals surface area contributed by atoms with E-state index in [0.717, 1.165) is 44.4 Å². The third kappa shape index (κ3) is 4.20. The summed E-state index contributed by atoms with van der Waals surface area (Å²) in [4.78, 5) is 5.77. The lowest BCUT2D eigenvalue weighted by atomic mass is 10.1. The molecule has 0 saturated carbocycles. The van der Waals surface area contributed by atoms with Crippen molar-refractivity contribution in [1.29, 1.82) is 0 Å². The molecule has 0 aliphatic carbocycles. The van der Waals surface area contributed by atoms with Crippen LogP contribution in [0.15, 0.2) is 59.1 Å². The molecular weight excluding hydrogens is 410 g/mol. The molecule has 2 aromatic carbocycles. The number of benzene rings is 2. The quantitative estimate of drug-likeness (QED) is 0.373. The minimum atomic E-state index is 0.457. The van der Waals surface area contributed by atoms with E-state index in [1.807, 2.05) is 42.6 Å². The van der Waals surface area contributed by atoms with Crippen molar-refractivity contribution >= 4 is 22.3 Å². The monoisotopic (exact) mass is 431 g/mol. The number of ether oxygens (including phenoxy) is 1. The first kappa shape index (κ1) is 19.4. The molecule has 0 aliphatic heterocycles. The van der Waals surface area contributed by atoms with Crippen LogP contribution in [0.25, 0.3) is 21.7 Å². The molecule has 1 N–H and O–H groups in total. The van der Waals surface area contributed by atoms with Crippen LogP contribution in [-0.4, -0.2) is 25.6 Å². The number of nitrogens with one attached hydrogen (secondary N) is 1. The van der Waals surface area contributed by atoms with Crippen LogP contribution in [0.1, 0.15) is 41.6 Å². The van der Waals surface area contributed by atoms with Crippen molar-refractivity contribution in [2.75, 3.05) is 0 Å². The van der Waals surface area contributed by atoms with Gasteiger partial charge in [0.25, 0.3) is 0 Å². The first-order valence-corrected chi connectivity index (χ1v) is 10.9. The molecule has 31 heavy (non-hydrogen) atoms. The predicted octanol–water partition coefficient (Wildman–Crippen LogP) is 5.36. The lowest BCUT2D eigenvalue weighted by Gasteiger charge is -2.10. The summed E-state index contributed by atoms with van der Waals surface area (Å²) in [5.74, 6) is 2.76. The van der Waals surface area contributed by atoms with Gasteiger partial charge >= 0.3 is 0 Å². The standard InChI is InChI=1S/C23H21N5O2S/c1-14(2)21-12-24-23(31-21)20-10-17-9-18(7-8-19(17)30-20)29-13-16-6-4-3-5-15(16)11-22-25-27-28-26-22/h3-10,12,14H,11,13H2,1-2H3,(H,25,26,27,28). The van der Waals surface area contributed by atoms with Crippen molar-refractivity contribution in [3.63, 3.8) is 0 Å². The lowest BCUT2D eigenvalue weighted by molar-refractivity contribution is 0.305. The molecule has 0 spiro atoms. The Morgan fingerprint density at radius 1 is 1.10 bits per heavy atom. The molecule has 0 aliphatic rings. The second-order valence-electron chi connectivity index (χ2n) is 7.61. The zero-order chi connectivity index (χ0) is 21.2. The van der Waals surface area contributed by atoms with Gasteiger partial charge in [0.05, 0.1) is 0 Å². The number of aromatic amines is 1. The van der Waals surface area contributed by atoms with E-state index in [-0.39, 0.29) is 0 Å². The minimum Gasteiger partial charge on any atom is -0.489 e. The number of H-pyrrole nitrogens is 1. The van der Waals surface area contributed by atoms with E-state index in [1.54, 1.807) is 11.3 Å². The third-order valence-corrected chi connectivity index (χ3v) is 6.36. The fourth-order valence-electron chi connectivity index (χ4n) is 3.35. The molecular formula is C23H21N5O2S. The van der Waals surface area contributed by atoms with Crippen LogP contribution in [-0.2, 0) is 13.0 Å². The van der Waals surface area contributed by atoms with Gasteiger partial charge < -0.3 is 9.15 Å². The summed E-state index contributed by atoms with van der Waals surface area (Å²) in [6.45, 7) is 4.79. The van der Waals surface area contributed by atoms with Crippen molar-refractivity contribution in [2.45, 2.75) is 32.8 Å². The molecule has 7 nitrogen and oxygen atoms in total. The molecule has 5 aromatic rings. The van der Waals surface area contributed by atoms with Gasteiger partial charge in [-0.05, 0) is 51.7 Å². The summed E-state index contributed by atoms with van der Waals surface area (Å²) in [5, 5.41) is 15.9. The van der Waals surface area contributed by atoms with E-state index in [4.69, 9.17) is 9.15 Å². The maximum Gasteiger partial charge on any atom is 0.164 e. The number of hydrogen-bond acceptors (Lipinski definition) is 7. The molecule has 3 aromatic heterocycles. The predicted molar refractivity (Wildman–Crippen MR) is 119 cm³/mol. The van der Waals surface area contributed by atoms with Crippen LogP contribution in [0.3, 0.4) is 0 Å². The Morgan fingerprint density at radius 3 is 2.74 bits per heavy atom. The summed E-state index contributed by atoms with van der Waals surface area (Å²) in [6.07, 6.45) is 2.56. The Morgan fingerprint density at radius 2 is 1.97 bits per heavy atom. The number of aromatic nitrogens is 5. The minimum absolute atomic E-state index is 0.457. The first-order chi connectivity index (χ1) is 15.2. The summed E-state index contributed by atoms with van der Waals surface area (Å²) in [7, 11) is 0. The van der Waals surface area contributed by atoms with Gasteiger partial charge in [0.15, 0.2) is 16.6 Å². The van der Waals surface area contributed by atoms with Crippen LogP contribution in [0, 0.1) is 0 Å². The summed E-state index contributed by atoms with van der Waals surface area (Å²) in [6, 6.07) is 16.0. The zero-order valence-corrected chi connectivity index (χ0v) is 18.0. The Bertz CT molecular complexity index is 1310. The van der Waals surface area contributed by atoms with Crippen LogP contribution in [0.2, 0.25) is 0 Å². The van der Waals surface area contributed by atoms with Crippen LogP contribution in [0.4, 0.5) is 0 Å². The number of thiazole rings is 1. The van der Waals surface area contributed by atoms with Gasteiger partial charge in [0, 0.05) is 22.9 Å². The van der Waals surface area contributed by atoms with Gasteiger partial charge in [-0.3, -0.25) is 0 Å². The van der Waals surface area contributed by atoms with E-state index in [0.29, 0.717) is 18.9 Å². The fraction of sp³-hybridized carbons (Fsp3) is 0.217. The highest BCUT2D eigenvalue weighted by Gasteiger charge is 2.13. The lowest BCUT2D eigenvalue weighted by Crippen LogP contribution is -2.02. The molecule has 156 valence electrons. The van der Waals surface area contributed by atoms with Gasteiger partial charge in [0.2, 0.25) is 0 Å². The summed E-state index contributed by atoms with van der Waals surface area (Å²) >= 11 is 1.67. The van der Waals surface area contributed by atoms with Gasteiger partial charge in [-0.1, -0.05) is 38.1 Å². The Hall–Kier alpha value is -3.52. The van der Waals surface area contributed by atoms with E-state index in [1.165, 1.54) is 4.88 Å². The average molecular weight is 432 g/mol. The largest absolute Gasteiger partial charge is 0.489 e. The number of tetrazole rings is 1. The van der Waals surface area contributed by atoms with Gasteiger partial charge in [0.1, 0.15) is 17.9 Å². The molecule has 0 atom stereocenters. The average Bonchev–Trinajstić information content (AvgIpc) is 3.52. The Labute approximate surface area is 183 Å². The molecule has 0 fully saturated rings. The second-order valence-corrected chi connectivity index (χ2v) is 8.68. The molecule has 8 heteroatoms. The normalized spacial score (nSPS) is 11.5. The third-order valence-electron chi connectivity index (χ3n) is 5.05. The van der Waals surface area contributed by atoms with Gasteiger partial charge in [-0.15, -0.1) is 16.4 Å². The molecule has 0 saturated heterocycles. The van der Waals surface area contributed by atoms with Crippen LogP contribution < -0.4 is 4.74 Å². The van der Waals surface area contributed by atoms with Crippen molar-refractivity contribution in [1.82, 2.24) is 25.6 Å². The molecule has 5 rings (SSSR count).